The summed E-state index contributed by atoms with van der Waals surface area (Å²) in [5.41, 5.74) is 2.10. The second-order valence-electron chi connectivity index (χ2n) is 5.14. The average Bonchev–Trinajstić information content (AvgIpc) is 3.08. The van der Waals surface area contributed by atoms with Gasteiger partial charge in [0.15, 0.2) is 0 Å². The molecule has 0 radical (unpaired) electrons. The molecule has 0 spiro atoms. The molecule has 0 aliphatic carbocycles. The molecule has 9 heteroatoms. The van der Waals surface area contributed by atoms with Crippen molar-refractivity contribution in [1.29, 1.82) is 0 Å². The summed E-state index contributed by atoms with van der Waals surface area (Å²) < 4.78 is 3.95. The van der Waals surface area contributed by atoms with Gasteiger partial charge in [0.25, 0.3) is 5.91 Å². The SMILES string of the molecule is Cc1nn(CCNC(=O)c2ccnn2C(C)C(=O)O)c(C)c1Br. The van der Waals surface area contributed by atoms with Crippen molar-refractivity contribution in [3.63, 3.8) is 0 Å². The van der Waals surface area contributed by atoms with Gasteiger partial charge in [-0.05, 0) is 42.8 Å². The number of aromatic nitrogens is 4. The molecule has 0 aliphatic heterocycles. The highest BCUT2D eigenvalue weighted by atomic mass is 79.9. The highest BCUT2D eigenvalue weighted by Gasteiger charge is 2.20. The van der Waals surface area contributed by atoms with Crippen LogP contribution >= 0.6 is 15.9 Å². The van der Waals surface area contributed by atoms with Gasteiger partial charge in [-0.1, -0.05) is 0 Å². The Balaban J connectivity index is 1.99. The van der Waals surface area contributed by atoms with Crippen LogP contribution in [-0.4, -0.2) is 43.1 Å². The van der Waals surface area contributed by atoms with Crippen LogP contribution in [0.25, 0.3) is 0 Å². The van der Waals surface area contributed by atoms with Crippen molar-refractivity contribution in [1.82, 2.24) is 24.9 Å². The van der Waals surface area contributed by atoms with Gasteiger partial charge in [-0.3, -0.25) is 9.48 Å². The van der Waals surface area contributed by atoms with Crippen molar-refractivity contribution in [2.75, 3.05) is 6.54 Å². The average molecular weight is 384 g/mol. The van der Waals surface area contributed by atoms with E-state index in [0.717, 1.165) is 15.9 Å². The molecule has 2 rings (SSSR count). The van der Waals surface area contributed by atoms with Crippen LogP contribution in [0.15, 0.2) is 16.7 Å². The first-order valence-corrected chi connectivity index (χ1v) is 7.86. The molecule has 0 aliphatic rings. The van der Waals surface area contributed by atoms with Gasteiger partial charge < -0.3 is 10.4 Å². The minimum Gasteiger partial charge on any atom is -0.480 e. The third-order valence-corrected chi connectivity index (χ3v) is 4.68. The lowest BCUT2D eigenvalue weighted by molar-refractivity contribution is -0.140. The minimum absolute atomic E-state index is 0.217. The van der Waals surface area contributed by atoms with E-state index < -0.39 is 12.0 Å². The summed E-state index contributed by atoms with van der Waals surface area (Å²) in [5.74, 6) is -1.41. The van der Waals surface area contributed by atoms with E-state index in [-0.39, 0.29) is 11.6 Å². The highest BCUT2D eigenvalue weighted by Crippen LogP contribution is 2.19. The molecule has 0 fully saturated rings. The largest absolute Gasteiger partial charge is 0.480 e. The number of carbonyl (C=O) groups is 2. The van der Waals surface area contributed by atoms with E-state index in [4.69, 9.17) is 5.11 Å². The van der Waals surface area contributed by atoms with E-state index in [2.05, 4.69) is 31.4 Å². The van der Waals surface area contributed by atoms with Crippen LogP contribution < -0.4 is 5.32 Å². The summed E-state index contributed by atoms with van der Waals surface area (Å²) in [7, 11) is 0. The van der Waals surface area contributed by atoms with E-state index >= 15 is 0 Å². The number of aliphatic carboxylic acids is 1. The molecule has 1 unspecified atom stereocenters. The Morgan fingerprint density at radius 3 is 2.70 bits per heavy atom. The Morgan fingerprint density at radius 2 is 2.13 bits per heavy atom. The maximum absolute atomic E-state index is 12.2. The molecule has 0 saturated heterocycles. The maximum atomic E-state index is 12.2. The van der Waals surface area contributed by atoms with Crippen molar-refractivity contribution in [2.24, 2.45) is 0 Å². The van der Waals surface area contributed by atoms with Crippen molar-refractivity contribution in [3.05, 3.63) is 33.8 Å². The van der Waals surface area contributed by atoms with Gasteiger partial charge in [-0.25, -0.2) is 9.48 Å². The number of amides is 1. The standard InChI is InChI=1S/C14H18BrN5O3/c1-8-12(15)9(2)19(18-8)7-6-16-13(21)11-4-5-17-20(11)10(3)14(22)23/h4-5,10H,6-7H2,1-3H3,(H,16,21)(H,22,23). The van der Waals surface area contributed by atoms with Gasteiger partial charge in [-0.2, -0.15) is 10.2 Å². The van der Waals surface area contributed by atoms with E-state index in [1.807, 2.05) is 13.8 Å². The van der Waals surface area contributed by atoms with Gasteiger partial charge in [0, 0.05) is 18.4 Å². The Kier molecular flexibility index (Phi) is 5.19. The smallest absolute Gasteiger partial charge is 0.328 e. The normalized spacial score (nSPS) is 12.2. The Hall–Kier alpha value is -2.16. The lowest BCUT2D eigenvalue weighted by atomic mass is 10.3. The number of carbonyl (C=O) groups excluding carboxylic acids is 1. The molecule has 23 heavy (non-hydrogen) atoms. The monoisotopic (exact) mass is 383 g/mol. The quantitative estimate of drug-likeness (QED) is 0.787. The molecular formula is C14H18BrN5O3. The highest BCUT2D eigenvalue weighted by molar-refractivity contribution is 9.10. The van der Waals surface area contributed by atoms with Gasteiger partial charge in [0.05, 0.1) is 16.7 Å². The number of nitrogens with one attached hydrogen (secondary N) is 1. The molecule has 0 bridgehead atoms. The van der Waals surface area contributed by atoms with Crippen LogP contribution in [0.1, 0.15) is 34.8 Å². The molecule has 1 atom stereocenters. The fourth-order valence-corrected chi connectivity index (χ4v) is 2.45. The van der Waals surface area contributed by atoms with Crippen molar-refractivity contribution < 1.29 is 14.7 Å². The van der Waals surface area contributed by atoms with E-state index in [9.17, 15) is 9.59 Å². The van der Waals surface area contributed by atoms with Crippen LogP contribution in [0, 0.1) is 13.8 Å². The Morgan fingerprint density at radius 1 is 1.43 bits per heavy atom. The van der Waals surface area contributed by atoms with Crippen molar-refractivity contribution in [3.8, 4) is 0 Å². The second-order valence-corrected chi connectivity index (χ2v) is 5.93. The maximum Gasteiger partial charge on any atom is 0.328 e. The molecule has 2 N–H and O–H groups in total. The topological polar surface area (TPSA) is 102 Å². The number of halogens is 1. The Labute approximate surface area is 141 Å². The summed E-state index contributed by atoms with van der Waals surface area (Å²) >= 11 is 3.45. The molecule has 1 amide bonds. The molecule has 124 valence electrons. The number of nitrogens with zero attached hydrogens (tertiary/aromatic N) is 4. The van der Waals surface area contributed by atoms with E-state index in [1.165, 1.54) is 23.9 Å². The predicted molar refractivity (Wildman–Crippen MR) is 86.3 cm³/mol. The second kappa shape index (κ2) is 6.95. The first-order valence-electron chi connectivity index (χ1n) is 7.07. The zero-order valence-corrected chi connectivity index (χ0v) is 14.7. The predicted octanol–water partition coefficient (Wildman–Crippen LogP) is 1.53. The summed E-state index contributed by atoms with van der Waals surface area (Å²) in [6, 6.07) is 0.590. The van der Waals surface area contributed by atoms with Crippen LogP contribution in [0.3, 0.4) is 0 Å². The number of hydrogen-bond donors (Lipinski definition) is 2. The number of hydrogen-bond acceptors (Lipinski definition) is 4. The number of aryl methyl sites for hydroxylation is 1. The lowest BCUT2D eigenvalue weighted by Gasteiger charge is -2.12. The molecule has 8 nitrogen and oxygen atoms in total. The number of carboxylic acid groups (broad SMARTS) is 1. The Bertz CT molecular complexity index is 737. The third-order valence-electron chi connectivity index (χ3n) is 3.53. The molecule has 2 heterocycles. The minimum atomic E-state index is -1.05. The van der Waals surface area contributed by atoms with Gasteiger partial charge >= 0.3 is 5.97 Å². The van der Waals surface area contributed by atoms with Crippen LogP contribution in [0.2, 0.25) is 0 Å². The van der Waals surface area contributed by atoms with Crippen molar-refractivity contribution in [2.45, 2.75) is 33.4 Å². The third kappa shape index (κ3) is 3.61. The van der Waals surface area contributed by atoms with Crippen LogP contribution in [-0.2, 0) is 11.3 Å². The summed E-state index contributed by atoms with van der Waals surface area (Å²) in [6.45, 7) is 6.21. The molecule has 0 saturated carbocycles. The molecular weight excluding hydrogens is 366 g/mol. The van der Waals surface area contributed by atoms with Crippen LogP contribution in [0.4, 0.5) is 0 Å². The molecule has 2 aromatic rings. The zero-order valence-electron chi connectivity index (χ0n) is 13.1. The van der Waals surface area contributed by atoms with Crippen LogP contribution in [0.5, 0.6) is 0 Å². The molecule has 0 aromatic carbocycles. The summed E-state index contributed by atoms with van der Waals surface area (Å²) in [6.07, 6.45) is 1.41. The summed E-state index contributed by atoms with van der Waals surface area (Å²) in [4.78, 5) is 23.2. The number of rotatable bonds is 6. The van der Waals surface area contributed by atoms with Gasteiger partial charge in [0.1, 0.15) is 11.7 Å². The number of carboxylic acids is 1. The summed E-state index contributed by atoms with van der Waals surface area (Å²) in [5, 5.41) is 20.1. The van der Waals surface area contributed by atoms with E-state index in [0.29, 0.717) is 13.1 Å². The van der Waals surface area contributed by atoms with Crippen molar-refractivity contribution >= 4 is 27.8 Å². The lowest BCUT2D eigenvalue weighted by Crippen LogP contribution is -2.31. The zero-order chi connectivity index (χ0) is 17.1. The van der Waals surface area contributed by atoms with E-state index in [1.54, 1.807) is 4.68 Å². The fourth-order valence-electron chi connectivity index (χ4n) is 2.17. The van der Waals surface area contributed by atoms with Gasteiger partial charge in [-0.15, -0.1) is 0 Å². The fraction of sp³-hybridized carbons (Fsp3) is 0.429. The molecule has 2 aromatic heterocycles. The first-order chi connectivity index (χ1) is 10.8. The van der Waals surface area contributed by atoms with Gasteiger partial charge in [0.2, 0.25) is 0 Å². The first kappa shape index (κ1) is 17.2.